The number of nitrogens with zero attached hydrogens (tertiary/aromatic N) is 2. The number of nitro groups is 1. The van der Waals surface area contributed by atoms with E-state index in [0.29, 0.717) is 37.4 Å². The SMILES string of the molecule is CCC1(CC)CN(c2ccc([N+](=O)[O-])cc2S(N)(=O)=O)CCS1=O. The van der Waals surface area contributed by atoms with Crippen LogP contribution in [0, 0.1) is 10.1 Å². The molecular weight excluding hydrogens is 354 g/mol. The van der Waals surface area contributed by atoms with Crippen LogP contribution in [0.3, 0.4) is 0 Å². The fraction of sp³-hybridized carbons (Fsp3) is 0.571. The molecule has 1 unspecified atom stereocenters. The van der Waals surface area contributed by atoms with Gasteiger partial charge in [-0.2, -0.15) is 0 Å². The first-order chi connectivity index (χ1) is 11.1. The van der Waals surface area contributed by atoms with Crippen molar-refractivity contribution in [3.8, 4) is 0 Å². The summed E-state index contributed by atoms with van der Waals surface area (Å²) in [7, 11) is -5.13. The molecule has 10 heteroatoms. The van der Waals surface area contributed by atoms with Crippen molar-refractivity contribution in [1.29, 1.82) is 0 Å². The van der Waals surface area contributed by atoms with Crippen LogP contribution in [0.4, 0.5) is 11.4 Å². The summed E-state index contributed by atoms with van der Waals surface area (Å²) in [6.07, 6.45) is 1.40. The summed E-state index contributed by atoms with van der Waals surface area (Å²) >= 11 is 0. The number of nitrogens with two attached hydrogens (primary N) is 1. The summed E-state index contributed by atoms with van der Waals surface area (Å²) in [5.74, 6) is 0.419. The van der Waals surface area contributed by atoms with E-state index >= 15 is 0 Å². The molecule has 1 fully saturated rings. The third-order valence-electron chi connectivity index (χ3n) is 4.60. The molecule has 1 atom stereocenters. The molecule has 0 saturated carbocycles. The van der Waals surface area contributed by atoms with Crippen molar-refractivity contribution in [2.75, 3.05) is 23.7 Å². The molecule has 1 saturated heterocycles. The Morgan fingerprint density at radius 1 is 1.38 bits per heavy atom. The maximum atomic E-state index is 12.4. The first-order valence-corrected chi connectivity index (χ1v) is 10.5. The molecule has 0 amide bonds. The second kappa shape index (κ2) is 6.77. The zero-order chi connectivity index (χ0) is 18.1. The number of anilines is 1. The van der Waals surface area contributed by atoms with E-state index in [9.17, 15) is 22.7 Å². The van der Waals surface area contributed by atoms with E-state index in [1.807, 2.05) is 18.7 Å². The maximum absolute atomic E-state index is 12.4. The minimum atomic E-state index is -4.13. The van der Waals surface area contributed by atoms with Gasteiger partial charge in [-0.3, -0.25) is 14.3 Å². The van der Waals surface area contributed by atoms with Gasteiger partial charge in [0.25, 0.3) is 5.69 Å². The molecule has 0 aliphatic carbocycles. The summed E-state index contributed by atoms with van der Waals surface area (Å²) < 4.78 is 35.8. The summed E-state index contributed by atoms with van der Waals surface area (Å²) in [6, 6.07) is 3.65. The molecule has 1 aromatic carbocycles. The van der Waals surface area contributed by atoms with Gasteiger partial charge in [0.1, 0.15) is 4.90 Å². The van der Waals surface area contributed by atoms with Crippen LogP contribution in [0.5, 0.6) is 0 Å². The van der Waals surface area contributed by atoms with Crippen molar-refractivity contribution in [2.45, 2.75) is 36.3 Å². The molecular formula is C14H21N3O5S2. The van der Waals surface area contributed by atoms with E-state index in [1.54, 1.807) is 0 Å². The Labute approximate surface area is 143 Å². The average Bonchev–Trinajstić information content (AvgIpc) is 2.54. The number of hydrogen-bond acceptors (Lipinski definition) is 6. The predicted octanol–water partition coefficient (Wildman–Crippen LogP) is 1.37. The molecule has 2 rings (SSSR count). The topological polar surface area (TPSA) is 124 Å². The van der Waals surface area contributed by atoms with E-state index < -0.39 is 30.5 Å². The lowest BCUT2D eigenvalue weighted by Crippen LogP contribution is -2.53. The minimum Gasteiger partial charge on any atom is -0.368 e. The fourth-order valence-corrected chi connectivity index (χ4v) is 5.55. The van der Waals surface area contributed by atoms with Crippen LogP contribution in [0.25, 0.3) is 0 Å². The predicted molar refractivity (Wildman–Crippen MR) is 93.0 cm³/mol. The quantitative estimate of drug-likeness (QED) is 0.612. The maximum Gasteiger partial charge on any atom is 0.270 e. The van der Waals surface area contributed by atoms with E-state index in [1.165, 1.54) is 12.1 Å². The Bertz CT molecular complexity index is 775. The summed E-state index contributed by atoms with van der Waals surface area (Å²) in [4.78, 5) is 11.8. The van der Waals surface area contributed by atoms with Crippen LogP contribution in [0.2, 0.25) is 0 Å². The molecule has 0 bridgehead atoms. The number of primary sulfonamides is 1. The van der Waals surface area contributed by atoms with Crippen LogP contribution in [0.1, 0.15) is 26.7 Å². The van der Waals surface area contributed by atoms with Gasteiger partial charge in [-0.25, -0.2) is 13.6 Å². The van der Waals surface area contributed by atoms with Gasteiger partial charge >= 0.3 is 0 Å². The number of rotatable bonds is 5. The average molecular weight is 375 g/mol. The Kier molecular flexibility index (Phi) is 5.31. The number of benzene rings is 1. The van der Waals surface area contributed by atoms with E-state index in [4.69, 9.17) is 5.14 Å². The molecule has 0 aromatic heterocycles. The molecule has 1 aromatic rings. The smallest absolute Gasteiger partial charge is 0.270 e. The van der Waals surface area contributed by atoms with Gasteiger partial charge in [0.2, 0.25) is 10.0 Å². The zero-order valence-corrected chi connectivity index (χ0v) is 15.2. The van der Waals surface area contributed by atoms with Gasteiger partial charge in [0, 0.05) is 41.8 Å². The summed E-state index contributed by atoms with van der Waals surface area (Å²) in [5, 5.41) is 16.2. The van der Waals surface area contributed by atoms with Crippen LogP contribution < -0.4 is 10.0 Å². The highest BCUT2D eigenvalue weighted by Gasteiger charge is 2.40. The number of nitro benzene ring substituents is 1. The van der Waals surface area contributed by atoms with Crippen molar-refractivity contribution in [3.63, 3.8) is 0 Å². The van der Waals surface area contributed by atoms with Gasteiger partial charge in [-0.05, 0) is 18.9 Å². The third-order valence-corrected chi connectivity index (χ3v) is 7.76. The first kappa shape index (κ1) is 18.8. The molecule has 24 heavy (non-hydrogen) atoms. The second-order valence-corrected chi connectivity index (χ2v) is 9.31. The van der Waals surface area contributed by atoms with E-state index in [-0.39, 0.29) is 10.6 Å². The van der Waals surface area contributed by atoms with Crippen molar-refractivity contribution in [1.82, 2.24) is 0 Å². The third kappa shape index (κ3) is 3.45. The molecule has 2 N–H and O–H groups in total. The van der Waals surface area contributed by atoms with Crippen LogP contribution >= 0.6 is 0 Å². The Morgan fingerprint density at radius 3 is 2.50 bits per heavy atom. The Morgan fingerprint density at radius 2 is 2.00 bits per heavy atom. The number of sulfonamides is 1. The van der Waals surface area contributed by atoms with Crippen molar-refractivity contribution in [2.24, 2.45) is 5.14 Å². The molecule has 0 radical (unpaired) electrons. The summed E-state index contributed by atoms with van der Waals surface area (Å²) in [5.41, 5.74) is -0.00770. The molecule has 1 aliphatic rings. The van der Waals surface area contributed by atoms with E-state index in [2.05, 4.69) is 0 Å². The van der Waals surface area contributed by atoms with Gasteiger partial charge in [0.05, 0.1) is 15.4 Å². The normalized spacial score (nSPS) is 20.8. The lowest BCUT2D eigenvalue weighted by Gasteiger charge is -2.42. The van der Waals surface area contributed by atoms with Gasteiger partial charge < -0.3 is 4.90 Å². The lowest BCUT2D eigenvalue weighted by molar-refractivity contribution is -0.385. The number of non-ortho nitro benzene ring substituents is 1. The van der Waals surface area contributed by atoms with Crippen LogP contribution in [0.15, 0.2) is 23.1 Å². The second-order valence-electron chi connectivity index (χ2n) is 5.82. The summed E-state index contributed by atoms with van der Waals surface area (Å²) in [6.45, 7) is 4.75. The van der Waals surface area contributed by atoms with Crippen molar-refractivity contribution >= 4 is 32.2 Å². The van der Waals surface area contributed by atoms with Gasteiger partial charge in [-0.1, -0.05) is 13.8 Å². The zero-order valence-electron chi connectivity index (χ0n) is 13.6. The number of hydrogen-bond donors (Lipinski definition) is 1. The molecule has 8 nitrogen and oxygen atoms in total. The lowest BCUT2D eigenvalue weighted by atomic mass is 10.0. The molecule has 1 heterocycles. The van der Waals surface area contributed by atoms with Crippen molar-refractivity contribution in [3.05, 3.63) is 28.3 Å². The monoisotopic (exact) mass is 375 g/mol. The minimum absolute atomic E-state index is 0.273. The Hall–Kier alpha value is -1.52. The van der Waals surface area contributed by atoms with Crippen LogP contribution in [-0.2, 0) is 20.8 Å². The molecule has 134 valence electrons. The Balaban J connectivity index is 2.52. The first-order valence-electron chi connectivity index (χ1n) is 7.59. The largest absolute Gasteiger partial charge is 0.368 e. The van der Waals surface area contributed by atoms with Crippen LogP contribution in [-0.4, -0.2) is 41.1 Å². The molecule has 1 aliphatic heterocycles. The van der Waals surface area contributed by atoms with Gasteiger partial charge in [0.15, 0.2) is 0 Å². The fourth-order valence-electron chi connectivity index (χ4n) is 3.02. The van der Waals surface area contributed by atoms with Crippen molar-refractivity contribution < 1.29 is 17.6 Å². The highest BCUT2D eigenvalue weighted by Crippen LogP contribution is 2.35. The van der Waals surface area contributed by atoms with E-state index in [0.717, 1.165) is 6.07 Å². The standard InChI is InChI=1S/C14H21N3O5S2/c1-3-14(4-2)10-16(7-8-23(14)20)12-6-5-11(17(18)19)9-13(12)24(15,21)22/h5-6,9H,3-4,7-8,10H2,1-2H3,(H2,15,21,22). The highest BCUT2D eigenvalue weighted by molar-refractivity contribution is 7.89. The van der Waals surface area contributed by atoms with Gasteiger partial charge in [-0.15, -0.1) is 0 Å². The highest BCUT2D eigenvalue weighted by atomic mass is 32.2. The molecule has 0 spiro atoms.